The molecule has 0 aliphatic heterocycles. The van der Waals surface area contributed by atoms with Gasteiger partial charge in [-0.3, -0.25) is 0 Å². The van der Waals surface area contributed by atoms with Gasteiger partial charge in [0.25, 0.3) is 0 Å². The van der Waals surface area contributed by atoms with E-state index in [9.17, 15) is 0 Å². The fourth-order valence-corrected chi connectivity index (χ4v) is 10.3. The number of rotatable bonds is 3. The molecule has 0 unspecified atom stereocenters. The van der Waals surface area contributed by atoms with Gasteiger partial charge >= 0.3 is 0 Å². The zero-order chi connectivity index (χ0) is 36.1. The van der Waals surface area contributed by atoms with Crippen molar-refractivity contribution in [2.45, 2.75) is 5.41 Å². The van der Waals surface area contributed by atoms with Crippen molar-refractivity contribution in [3.05, 3.63) is 229 Å². The number of fused-ring (bicyclic) bond motifs is 14. The van der Waals surface area contributed by atoms with Crippen molar-refractivity contribution in [3.8, 4) is 55.6 Å². The highest BCUT2D eigenvalue weighted by Crippen LogP contribution is 2.64. The van der Waals surface area contributed by atoms with Crippen LogP contribution in [0.25, 0.3) is 88.0 Å². The quantitative estimate of drug-likeness (QED) is 0.162. The highest BCUT2D eigenvalue weighted by molar-refractivity contribution is 6.25. The highest BCUT2D eigenvalue weighted by atomic mass is 14.5. The Balaban J connectivity index is 1.20. The van der Waals surface area contributed by atoms with Crippen LogP contribution in [0.4, 0.5) is 0 Å². The smallest absolute Gasteiger partial charge is 0.0622 e. The zero-order valence-corrected chi connectivity index (χ0v) is 30.1. The van der Waals surface area contributed by atoms with Crippen LogP contribution in [-0.2, 0) is 5.41 Å². The maximum Gasteiger partial charge on any atom is 0.0725 e. The lowest BCUT2D eigenvalue weighted by Gasteiger charge is -2.31. The average molecular weight is 695 g/mol. The van der Waals surface area contributed by atoms with E-state index in [2.05, 4.69) is 206 Å². The van der Waals surface area contributed by atoms with Crippen molar-refractivity contribution in [1.82, 2.24) is 0 Å². The summed E-state index contributed by atoms with van der Waals surface area (Å²) in [4.78, 5) is 0. The number of benzene rings is 10. The predicted molar refractivity (Wildman–Crippen MR) is 232 cm³/mol. The molecule has 0 N–H and O–H groups in total. The van der Waals surface area contributed by atoms with Gasteiger partial charge in [0.1, 0.15) is 0 Å². The summed E-state index contributed by atoms with van der Waals surface area (Å²) in [6.45, 7) is 0. The van der Waals surface area contributed by atoms with Crippen molar-refractivity contribution in [1.29, 1.82) is 0 Å². The van der Waals surface area contributed by atoms with Crippen molar-refractivity contribution in [2.24, 2.45) is 0 Å². The average Bonchev–Trinajstić information content (AvgIpc) is 3.73. The summed E-state index contributed by atoms with van der Waals surface area (Å²) < 4.78 is 0. The molecule has 254 valence electrons. The maximum atomic E-state index is 2.58. The SMILES string of the molecule is c1ccc(-c2ccc(-c3c4ccccc4c(-c4cc5c(c6ccccc46)-c4ccccc4C54c5ccccc5-c5ccccc54)c4ccccc34)cc2)cc1. The first-order chi connectivity index (χ1) is 27.3. The van der Waals surface area contributed by atoms with Crippen LogP contribution in [0, 0.1) is 0 Å². The van der Waals surface area contributed by atoms with Crippen molar-refractivity contribution in [3.63, 3.8) is 0 Å². The molecule has 0 amide bonds. The van der Waals surface area contributed by atoms with Crippen LogP contribution in [-0.4, -0.2) is 0 Å². The van der Waals surface area contributed by atoms with Crippen LogP contribution in [0.5, 0.6) is 0 Å². The van der Waals surface area contributed by atoms with Crippen LogP contribution in [0.3, 0.4) is 0 Å². The molecule has 12 rings (SSSR count). The van der Waals surface area contributed by atoms with Gasteiger partial charge in [-0.2, -0.15) is 0 Å². The summed E-state index contributed by atoms with van der Waals surface area (Å²) in [6, 6.07) is 77.0. The van der Waals surface area contributed by atoms with Gasteiger partial charge in [0, 0.05) is 0 Å². The van der Waals surface area contributed by atoms with Crippen molar-refractivity contribution in [2.75, 3.05) is 0 Å². The Morgan fingerprint density at radius 1 is 0.218 bits per heavy atom. The lowest BCUT2D eigenvalue weighted by Crippen LogP contribution is -2.25. The molecule has 1 spiro atoms. The minimum absolute atomic E-state index is 0.427. The van der Waals surface area contributed by atoms with Gasteiger partial charge in [-0.25, -0.2) is 0 Å². The van der Waals surface area contributed by atoms with E-state index in [0.717, 1.165) is 0 Å². The van der Waals surface area contributed by atoms with Gasteiger partial charge in [-0.05, 0) is 116 Å². The Morgan fingerprint density at radius 3 is 1.16 bits per heavy atom. The third kappa shape index (κ3) is 4.06. The second kappa shape index (κ2) is 11.5. The van der Waals surface area contributed by atoms with Crippen LogP contribution in [0.15, 0.2) is 206 Å². The van der Waals surface area contributed by atoms with E-state index < -0.39 is 5.41 Å². The molecule has 2 aliphatic rings. The summed E-state index contributed by atoms with van der Waals surface area (Å²) in [5.74, 6) is 0. The summed E-state index contributed by atoms with van der Waals surface area (Å²) >= 11 is 0. The molecule has 0 nitrogen and oxygen atoms in total. The van der Waals surface area contributed by atoms with Crippen LogP contribution in [0.2, 0.25) is 0 Å². The second-order valence-electron chi connectivity index (χ2n) is 15.1. The van der Waals surface area contributed by atoms with Gasteiger partial charge in [0.05, 0.1) is 5.41 Å². The summed E-state index contributed by atoms with van der Waals surface area (Å²) in [5.41, 5.74) is 17.9. The first-order valence-corrected chi connectivity index (χ1v) is 19.3. The lowest BCUT2D eigenvalue weighted by molar-refractivity contribution is 0.795. The normalized spacial score (nSPS) is 13.2. The Morgan fingerprint density at radius 2 is 0.600 bits per heavy atom. The summed E-state index contributed by atoms with van der Waals surface area (Å²) in [7, 11) is 0. The standard InChI is InChI=1S/C55H34/c1-2-16-35(17-3-1)36-30-32-37(33-31-36)52-42-22-6-8-24-44(42)53(45-25-9-7-23-43(45)52)47-34-51-54(41-21-5-4-18-38(41)47)46-26-12-15-29-50(46)55(51)48-27-13-10-19-39(48)40-20-11-14-28-49(40)55/h1-34H. The third-order valence-electron chi connectivity index (χ3n) is 12.5. The minimum atomic E-state index is -0.427. The largest absolute Gasteiger partial charge is 0.0725 e. The summed E-state index contributed by atoms with van der Waals surface area (Å²) in [5, 5.41) is 7.65. The molecule has 10 aromatic carbocycles. The number of hydrogen-bond donors (Lipinski definition) is 0. The van der Waals surface area contributed by atoms with Crippen LogP contribution >= 0.6 is 0 Å². The first kappa shape index (κ1) is 30.4. The van der Waals surface area contributed by atoms with Gasteiger partial charge in [-0.15, -0.1) is 0 Å². The lowest BCUT2D eigenvalue weighted by atomic mass is 9.69. The first-order valence-electron chi connectivity index (χ1n) is 19.3. The zero-order valence-electron chi connectivity index (χ0n) is 30.1. The Labute approximate surface area is 320 Å². The molecule has 0 bridgehead atoms. The molecule has 0 aromatic heterocycles. The molecule has 0 atom stereocenters. The fourth-order valence-electron chi connectivity index (χ4n) is 10.3. The maximum absolute atomic E-state index is 2.58. The van der Waals surface area contributed by atoms with E-state index in [4.69, 9.17) is 0 Å². The van der Waals surface area contributed by atoms with E-state index >= 15 is 0 Å². The molecule has 2 aliphatic carbocycles. The fraction of sp³-hybridized carbons (Fsp3) is 0.0182. The summed E-state index contributed by atoms with van der Waals surface area (Å²) in [6.07, 6.45) is 0. The Kier molecular flexibility index (Phi) is 6.36. The van der Waals surface area contributed by atoms with Crippen LogP contribution < -0.4 is 0 Å². The molecule has 10 aromatic rings. The number of hydrogen-bond acceptors (Lipinski definition) is 0. The molecule has 0 heteroatoms. The van der Waals surface area contributed by atoms with Gasteiger partial charge in [0.2, 0.25) is 0 Å². The predicted octanol–water partition coefficient (Wildman–Crippen LogP) is 14.5. The Bertz CT molecular complexity index is 3080. The highest BCUT2D eigenvalue weighted by Gasteiger charge is 2.52. The second-order valence-corrected chi connectivity index (χ2v) is 15.1. The third-order valence-corrected chi connectivity index (χ3v) is 12.5. The van der Waals surface area contributed by atoms with E-state index in [1.54, 1.807) is 0 Å². The van der Waals surface area contributed by atoms with E-state index in [1.807, 2.05) is 0 Å². The van der Waals surface area contributed by atoms with Gasteiger partial charge in [0.15, 0.2) is 0 Å². The Hall–Kier alpha value is -7.02. The molecule has 0 heterocycles. The van der Waals surface area contributed by atoms with Crippen molar-refractivity contribution < 1.29 is 0 Å². The van der Waals surface area contributed by atoms with Crippen LogP contribution in [0.1, 0.15) is 22.3 Å². The molecule has 0 fully saturated rings. The topological polar surface area (TPSA) is 0 Å². The molecular weight excluding hydrogens is 661 g/mol. The van der Waals surface area contributed by atoms with Crippen molar-refractivity contribution >= 4 is 32.3 Å². The minimum Gasteiger partial charge on any atom is -0.0622 e. The van der Waals surface area contributed by atoms with E-state index in [0.29, 0.717) is 0 Å². The molecule has 0 saturated carbocycles. The van der Waals surface area contributed by atoms with E-state index in [-0.39, 0.29) is 0 Å². The van der Waals surface area contributed by atoms with Gasteiger partial charge in [-0.1, -0.05) is 200 Å². The molecule has 55 heavy (non-hydrogen) atoms. The van der Waals surface area contributed by atoms with Gasteiger partial charge < -0.3 is 0 Å². The molecular formula is C55H34. The molecule has 0 radical (unpaired) electrons. The molecule has 0 saturated heterocycles. The van der Waals surface area contributed by atoms with E-state index in [1.165, 1.54) is 110 Å². The monoisotopic (exact) mass is 694 g/mol.